The number of hydrogen-bond donors (Lipinski definition) is 0. The van der Waals surface area contributed by atoms with Crippen LogP contribution in [0.1, 0.15) is 79.0 Å². The summed E-state index contributed by atoms with van der Waals surface area (Å²) in [6.07, 6.45) is 0. The van der Waals surface area contributed by atoms with Crippen molar-refractivity contribution in [3.63, 3.8) is 0 Å². The molecule has 0 fully saturated rings. The second-order valence-electron chi connectivity index (χ2n) is 21.6. The summed E-state index contributed by atoms with van der Waals surface area (Å²) < 4.78 is 0. The Bertz CT molecular complexity index is 3410. The van der Waals surface area contributed by atoms with Gasteiger partial charge < -0.3 is 9.80 Å². The fourth-order valence-corrected chi connectivity index (χ4v) is 9.68. The van der Waals surface area contributed by atoms with Gasteiger partial charge >= 0.3 is 0 Å². The van der Waals surface area contributed by atoms with Gasteiger partial charge in [-0.2, -0.15) is 0 Å². The van der Waals surface area contributed by atoms with E-state index in [9.17, 15) is 0 Å². The highest BCUT2D eigenvalue weighted by Crippen LogP contribution is 2.52. The van der Waals surface area contributed by atoms with Crippen molar-refractivity contribution < 1.29 is 0 Å². The monoisotopic (exact) mass is 882 g/mol. The molecule has 0 atom stereocenters. The van der Waals surface area contributed by atoms with Crippen molar-refractivity contribution >= 4 is 66.4 Å². The van der Waals surface area contributed by atoms with Gasteiger partial charge in [0.1, 0.15) is 0 Å². The van der Waals surface area contributed by atoms with Crippen LogP contribution in [0.2, 0.25) is 0 Å². The molecule has 0 heterocycles. The standard InChI is InChI=1S/C66H62N2/c1-64(2,3)52-30-37-56(38-31-52)67(55-34-27-47(28-35-55)45-17-11-10-12-18-45)61-42-54(66(7,8)9)43-62(63(61)51-26-23-46-19-13-14-21-50(46)41-51)68(57-39-32-53(33-40-57)65(4,5)6)58-36-29-49-25-24-48-20-15-16-22-59(48)60(49)44-58/h10-44H,1-9H3. The summed E-state index contributed by atoms with van der Waals surface area (Å²) in [5, 5.41) is 7.35. The highest BCUT2D eigenvalue weighted by Gasteiger charge is 2.29. The molecule has 0 saturated carbocycles. The lowest BCUT2D eigenvalue weighted by molar-refractivity contribution is 0.589. The van der Waals surface area contributed by atoms with Gasteiger partial charge in [-0.15, -0.1) is 0 Å². The van der Waals surface area contributed by atoms with Crippen molar-refractivity contribution in [3.05, 3.63) is 229 Å². The summed E-state index contributed by atoms with van der Waals surface area (Å²) in [6, 6.07) is 79.3. The summed E-state index contributed by atoms with van der Waals surface area (Å²) in [4.78, 5) is 5.02. The molecular formula is C66H62N2. The third-order valence-electron chi connectivity index (χ3n) is 13.7. The maximum absolute atomic E-state index is 2.52. The molecular weight excluding hydrogens is 821 g/mol. The highest BCUT2D eigenvalue weighted by molar-refractivity contribution is 6.10. The maximum atomic E-state index is 2.52. The quantitative estimate of drug-likeness (QED) is 0.140. The van der Waals surface area contributed by atoms with Crippen molar-refractivity contribution in [2.75, 3.05) is 9.80 Å². The van der Waals surface area contributed by atoms with E-state index in [1.807, 2.05) is 0 Å². The fraction of sp³-hybridized carbons (Fsp3) is 0.182. The van der Waals surface area contributed by atoms with Crippen LogP contribution in [0.25, 0.3) is 54.6 Å². The first-order chi connectivity index (χ1) is 32.6. The topological polar surface area (TPSA) is 6.48 Å². The average Bonchev–Trinajstić information content (AvgIpc) is 3.34. The van der Waals surface area contributed by atoms with Crippen LogP contribution >= 0.6 is 0 Å². The summed E-state index contributed by atoms with van der Waals surface area (Å²) in [6.45, 7) is 20.8. The van der Waals surface area contributed by atoms with Crippen molar-refractivity contribution in [1.82, 2.24) is 0 Å². The van der Waals surface area contributed by atoms with Crippen LogP contribution in [0.5, 0.6) is 0 Å². The zero-order valence-electron chi connectivity index (χ0n) is 41.1. The van der Waals surface area contributed by atoms with Gasteiger partial charge in [0.25, 0.3) is 0 Å². The minimum absolute atomic E-state index is 0.0000986. The smallest absolute Gasteiger partial charge is 0.0564 e. The molecule has 10 aromatic carbocycles. The summed E-state index contributed by atoms with van der Waals surface area (Å²) in [7, 11) is 0. The van der Waals surface area contributed by atoms with Gasteiger partial charge in [0, 0.05) is 28.3 Å². The van der Waals surface area contributed by atoms with E-state index in [-0.39, 0.29) is 16.2 Å². The van der Waals surface area contributed by atoms with Crippen LogP contribution in [-0.2, 0) is 16.2 Å². The molecule has 0 unspecified atom stereocenters. The Morgan fingerprint density at radius 3 is 1.22 bits per heavy atom. The Balaban J connectivity index is 1.33. The summed E-state index contributed by atoms with van der Waals surface area (Å²) >= 11 is 0. The van der Waals surface area contributed by atoms with E-state index in [2.05, 4.69) is 284 Å². The predicted molar refractivity (Wildman–Crippen MR) is 295 cm³/mol. The first kappa shape index (κ1) is 44.4. The molecule has 336 valence electrons. The van der Waals surface area contributed by atoms with Gasteiger partial charge in [-0.25, -0.2) is 0 Å². The van der Waals surface area contributed by atoms with Gasteiger partial charge in [-0.3, -0.25) is 0 Å². The van der Waals surface area contributed by atoms with Gasteiger partial charge in [0.05, 0.1) is 11.4 Å². The number of anilines is 6. The zero-order chi connectivity index (χ0) is 47.4. The summed E-state index contributed by atoms with van der Waals surface area (Å²) in [5.41, 5.74) is 14.9. The van der Waals surface area contributed by atoms with Crippen LogP contribution in [0.3, 0.4) is 0 Å². The van der Waals surface area contributed by atoms with E-state index < -0.39 is 0 Å². The van der Waals surface area contributed by atoms with E-state index in [1.54, 1.807) is 0 Å². The van der Waals surface area contributed by atoms with Gasteiger partial charge in [0.15, 0.2) is 0 Å². The van der Waals surface area contributed by atoms with Crippen molar-refractivity contribution in [3.8, 4) is 22.3 Å². The van der Waals surface area contributed by atoms with Crippen LogP contribution in [0.4, 0.5) is 34.1 Å². The predicted octanol–water partition coefficient (Wildman–Crippen LogP) is 19.3. The van der Waals surface area contributed by atoms with Crippen LogP contribution in [0.15, 0.2) is 212 Å². The van der Waals surface area contributed by atoms with E-state index >= 15 is 0 Å². The largest absolute Gasteiger partial charge is 0.310 e. The van der Waals surface area contributed by atoms with Crippen molar-refractivity contribution in [2.45, 2.75) is 78.6 Å². The number of benzene rings is 10. The molecule has 0 aliphatic heterocycles. The lowest BCUT2D eigenvalue weighted by atomic mass is 9.83. The van der Waals surface area contributed by atoms with Crippen LogP contribution in [0, 0.1) is 0 Å². The molecule has 0 bridgehead atoms. The van der Waals surface area contributed by atoms with Crippen molar-refractivity contribution in [1.29, 1.82) is 0 Å². The molecule has 0 saturated heterocycles. The molecule has 0 aliphatic rings. The first-order valence-corrected chi connectivity index (χ1v) is 24.2. The molecule has 0 radical (unpaired) electrons. The molecule has 10 rings (SSSR count). The maximum Gasteiger partial charge on any atom is 0.0564 e. The molecule has 0 amide bonds. The fourth-order valence-electron chi connectivity index (χ4n) is 9.68. The zero-order valence-corrected chi connectivity index (χ0v) is 41.1. The molecule has 68 heavy (non-hydrogen) atoms. The van der Waals surface area contributed by atoms with Crippen LogP contribution in [-0.4, -0.2) is 0 Å². The third-order valence-corrected chi connectivity index (χ3v) is 13.7. The van der Waals surface area contributed by atoms with E-state index in [4.69, 9.17) is 0 Å². The second kappa shape index (κ2) is 17.3. The molecule has 2 heteroatoms. The van der Waals surface area contributed by atoms with Crippen molar-refractivity contribution in [2.24, 2.45) is 0 Å². The Hall–Kier alpha value is -7.42. The van der Waals surface area contributed by atoms with E-state index in [0.717, 1.165) is 45.3 Å². The van der Waals surface area contributed by atoms with E-state index in [1.165, 1.54) is 60.1 Å². The average molecular weight is 883 g/mol. The highest BCUT2D eigenvalue weighted by atomic mass is 15.2. The number of nitrogens with zero attached hydrogens (tertiary/aromatic N) is 2. The SMILES string of the molecule is CC(C)(C)c1ccc(N(c2ccc(-c3ccccc3)cc2)c2cc(C(C)(C)C)cc(N(c3ccc(C(C)(C)C)cc3)c3ccc4ccc5ccccc5c4c3)c2-c2ccc3ccccc3c2)cc1. The minimum atomic E-state index is -0.203. The van der Waals surface area contributed by atoms with Gasteiger partial charge in [-0.05, 0) is 149 Å². The Morgan fingerprint density at radius 1 is 0.265 bits per heavy atom. The number of hydrogen-bond acceptors (Lipinski definition) is 2. The van der Waals surface area contributed by atoms with E-state index in [0.29, 0.717) is 0 Å². The normalized spacial score (nSPS) is 12.2. The third kappa shape index (κ3) is 8.68. The Kier molecular flexibility index (Phi) is 11.3. The molecule has 0 aromatic heterocycles. The summed E-state index contributed by atoms with van der Waals surface area (Å²) in [5.74, 6) is 0. The molecule has 0 aliphatic carbocycles. The Labute approximate surface area is 404 Å². The number of rotatable bonds is 8. The molecule has 0 spiro atoms. The van der Waals surface area contributed by atoms with Crippen LogP contribution < -0.4 is 9.80 Å². The molecule has 0 N–H and O–H groups in total. The number of fused-ring (bicyclic) bond motifs is 4. The lowest BCUT2D eigenvalue weighted by Crippen LogP contribution is -2.20. The lowest BCUT2D eigenvalue weighted by Gasteiger charge is -2.36. The molecule has 10 aromatic rings. The minimum Gasteiger partial charge on any atom is -0.310 e. The van der Waals surface area contributed by atoms with Gasteiger partial charge in [-0.1, -0.05) is 208 Å². The Morgan fingerprint density at radius 2 is 0.662 bits per heavy atom. The molecule has 2 nitrogen and oxygen atoms in total. The second-order valence-corrected chi connectivity index (χ2v) is 21.6. The first-order valence-electron chi connectivity index (χ1n) is 24.2. The van der Waals surface area contributed by atoms with Gasteiger partial charge in [0.2, 0.25) is 0 Å².